The molecule has 2 atom stereocenters. The van der Waals surface area contributed by atoms with Crippen LogP contribution in [-0.4, -0.2) is 35.7 Å². The van der Waals surface area contributed by atoms with Gasteiger partial charge in [0.05, 0.1) is 0 Å². The van der Waals surface area contributed by atoms with Gasteiger partial charge in [-0.25, -0.2) is 0 Å². The minimum absolute atomic E-state index is 0.383. The SMILES string of the molecule is CC(C1CC1)N1CCC(CO)C1. The molecule has 0 aromatic carbocycles. The van der Waals surface area contributed by atoms with Crippen LogP contribution in [-0.2, 0) is 0 Å². The molecule has 70 valence electrons. The standard InChI is InChI=1S/C10H19NO/c1-8(10-2-3-10)11-5-4-9(6-11)7-12/h8-10,12H,2-7H2,1H3. The predicted octanol–water partition coefficient (Wildman–Crippen LogP) is 1.10. The van der Waals surface area contributed by atoms with Crippen LogP contribution in [0.2, 0.25) is 0 Å². The Morgan fingerprint density at radius 1 is 1.42 bits per heavy atom. The second-order valence-corrected chi connectivity index (χ2v) is 4.41. The van der Waals surface area contributed by atoms with Crippen LogP contribution in [0.4, 0.5) is 0 Å². The van der Waals surface area contributed by atoms with Crippen LogP contribution in [0.3, 0.4) is 0 Å². The molecule has 1 saturated carbocycles. The minimum Gasteiger partial charge on any atom is -0.396 e. The summed E-state index contributed by atoms with van der Waals surface area (Å²) in [4.78, 5) is 2.55. The molecule has 1 N–H and O–H groups in total. The summed E-state index contributed by atoms with van der Waals surface area (Å²) in [5.41, 5.74) is 0. The number of aliphatic hydroxyl groups excluding tert-OH is 1. The Kier molecular flexibility index (Phi) is 2.37. The summed E-state index contributed by atoms with van der Waals surface area (Å²) in [5.74, 6) is 1.54. The molecule has 2 aliphatic rings. The Morgan fingerprint density at radius 3 is 2.67 bits per heavy atom. The second kappa shape index (κ2) is 3.35. The van der Waals surface area contributed by atoms with E-state index in [4.69, 9.17) is 5.11 Å². The van der Waals surface area contributed by atoms with Crippen molar-refractivity contribution >= 4 is 0 Å². The molecule has 2 rings (SSSR count). The zero-order valence-electron chi connectivity index (χ0n) is 7.87. The predicted molar refractivity (Wildman–Crippen MR) is 49.0 cm³/mol. The summed E-state index contributed by atoms with van der Waals surface area (Å²) < 4.78 is 0. The van der Waals surface area contributed by atoms with Crippen LogP contribution < -0.4 is 0 Å². The van der Waals surface area contributed by atoms with Crippen LogP contribution in [0, 0.1) is 11.8 Å². The molecular formula is C10H19NO. The lowest BCUT2D eigenvalue weighted by Gasteiger charge is -2.23. The van der Waals surface area contributed by atoms with Crippen LogP contribution in [0.25, 0.3) is 0 Å². The third kappa shape index (κ3) is 1.64. The van der Waals surface area contributed by atoms with E-state index in [2.05, 4.69) is 11.8 Å². The molecular weight excluding hydrogens is 150 g/mol. The fraction of sp³-hybridized carbons (Fsp3) is 1.00. The highest BCUT2D eigenvalue weighted by atomic mass is 16.3. The molecule has 1 aliphatic carbocycles. The van der Waals surface area contributed by atoms with E-state index in [1.165, 1.54) is 25.8 Å². The lowest BCUT2D eigenvalue weighted by atomic mass is 10.1. The van der Waals surface area contributed by atoms with Gasteiger partial charge in [0.2, 0.25) is 0 Å². The largest absolute Gasteiger partial charge is 0.396 e. The summed E-state index contributed by atoms with van der Waals surface area (Å²) in [7, 11) is 0. The van der Waals surface area contributed by atoms with Crippen molar-refractivity contribution in [3.05, 3.63) is 0 Å². The minimum atomic E-state index is 0.383. The van der Waals surface area contributed by atoms with Gasteiger partial charge in [-0.2, -0.15) is 0 Å². The molecule has 0 bridgehead atoms. The highest BCUT2D eigenvalue weighted by molar-refractivity contribution is 4.88. The smallest absolute Gasteiger partial charge is 0.0471 e. The van der Waals surface area contributed by atoms with Crippen molar-refractivity contribution in [1.82, 2.24) is 4.90 Å². The molecule has 1 heterocycles. The molecule has 1 saturated heterocycles. The van der Waals surface area contributed by atoms with Crippen LogP contribution >= 0.6 is 0 Å². The first kappa shape index (κ1) is 8.52. The topological polar surface area (TPSA) is 23.5 Å². The van der Waals surface area contributed by atoms with Gasteiger partial charge in [-0.3, -0.25) is 0 Å². The number of hydrogen-bond donors (Lipinski definition) is 1. The molecule has 0 aromatic rings. The van der Waals surface area contributed by atoms with Crippen molar-refractivity contribution in [3.63, 3.8) is 0 Å². The number of likely N-dealkylation sites (tertiary alicyclic amines) is 1. The Labute approximate surface area is 74.6 Å². The van der Waals surface area contributed by atoms with E-state index >= 15 is 0 Å². The van der Waals surface area contributed by atoms with Gasteiger partial charge in [-0.15, -0.1) is 0 Å². The number of aliphatic hydroxyl groups is 1. The van der Waals surface area contributed by atoms with Gasteiger partial charge in [0.1, 0.15) is 0 Å². The lowest BCUT2D eigenvalue weighted by Crippen LogP contribution is -2.32. The maximum Gasteiger partial charge on any atom is 0.0471 e. The van der Waals surface area contributed by atoms with Gasteiger partial charge in [-0.05, 0) is 44.6 Å². The summed E-state index contributed by atoms with van der Waals surface area (Å²) in [6.45, 7) is 5.07. The van der Waals surface area contributed by atoms with Crippen molar-refractivity contribution in [3.8, 4) is 0 Å². The van der Waals surface area contributed by atoms with Crippen molar-refractivity contribution in [2.24, 2.45) is 11.8 Å². The average molecular weight is 169 g/mol. The van der Waals surface area contributed by atoms with Gasteiger partial charge in [-0.1, -0.05) is 0 Å². The molecule has 2 unspecified atom stereocenters. The van der Waals surface area contributed by atoms with E-state index in [9.17, 15) is 0 Å². The monoisotopic (exact) mass is 169 g/mol. The first-order valence-electron chi connectivity index (χ1n) is 5.16. The van der Waals surface area contributed by atoms with Gasteiger partial charge >= 0.3 is 0 Å². The summed E-state index contributed by atoms with van der Waals surface area (Å²) in [6.07, 6.45) is 4.07. The van der Waals surface area contributed by atoms with Crippen molar-refractivity contribution < 1.29 is 5.11 Å². The fourth-order valence-electron chi connectivity index (χ4n) is 2.26. The third-order valence-corrected chi connectivity index (χ3v) is 3.46. The first-order valence-corrected chi connectivity index (χ1v) is 5.16. The molecule has 1 aliphatic heterocycles. The summed E-state index contributed by atoms with van der Waals surface area (Å²) >= 11 is 0. The third-order valence-electron chi connectivity index (χ3n) is 3.46. The normalized spacial score (nSPS) is 34.0. The van der Waals surface area contributed by atoms with Crippen molar-refractivity contribution in [2.75, 3.05) is 19.7 Å². The molecule has 2 fully saturated rings. The number of hydrogen-bond acceptors (Lipinski definition) is 2. The van der Waals surface area contributed by atoms with Gasteiger partial charge in [0.25, 0.3) is 0 Å². The van der Waals surface area contributed by atoms with Crippen LogP contribution in [0.1, 0.15) is 26.2 Å². The van der Waals surface area contributed by atoms with Gasteiger partial charge in [0.15, 0.2) is 0 Å². The molecule has 0 spiro atoms. The highest BCUT2D eigenvalue weighted by Crippen LogP contribution is 2.36. The van der Waals surface area contributed by atoms with E-state index in [0.717, 1.165) is 18.5 Å². The van der Waals surface area contributed by atoms with E-state index in [-0.39, 0.29) is 0 Å². The Morgan fingerprint density at radius 2 is 2.17 bits per heavy atom. The highest BCUT2D eigenvalue weighted by Gasteiger charge is 2.35. The molecule has 2 nitrogen and oxygen atoms in total. The Balaban J connectivity index is 1.81. The van der Waals surface area contributed by atoms with Crippen LogP contribution in [0.15, 0.2) is 0 Å². The van der Waals surface area contributed by atoms with Crippen molar-refractivity contribution in [2.45, 2.75) is 32.2 Å². The number of nitrogens with zero attached hydrogens (tertiary/aromatic N) is 1. The summed E-state index contributed by atoms with van der Waals surface area (Å²) in [5, 5.41) is 8.99. The van der Waals surface area contributed by atoms with Crippen molar-refractivity contribution in [1.29, 1.82) is 0 Å². The first-order chi connectivity index (χ1) is 5.81. The Hall–Kier alpha value is -0.0800. The second-order valence-electron chi connectivity index (χ2n) is 4.41. The van der Waals surface area contributed by atoms with E-state index < -0.39 is 0 Å². The summed E-state index contributed by atoms with van der Waals surface area (Å²) in [6, 6.07) is 0.779. The van der Waals surface area contributed by atoms with E-state index in [1.807, 2.05) is 0 Å². The quantitative estimate of drug-likeness (QED) is 0.684. The molecule has 0 amide bonds. The fourth-order valence-corrected chi connectivity index (χ4v) is 2.26. The van der Waals surface area contributed by atoms with E-state index in [1.54, 1.807) is 0 Å². The van der Waals surface area contributed by atoms with Crippen LogP contribution in [0.5, 0.6) is 0 Å². The Bertz CT molecular complexity index is 156. The number of rotatable bonds is 3. The molecule has 0 aromatic heterocycles. The van der Waals surface area contributed by atoms with Gasteiger partial charge < -0.3 is 10.0 Å². The average Bonchev–Trinajstić information content (AvgIpc) is 2.82. The maximum absolute atomic E-state index is 8.99. The molecule has 2 heteroatoms. The van der Waals surface area contributed by atoms with E-state index in [0.29, 0.717) is 12.5 Å². The maximum atomic E-state index is 8.99. The molecule has 12 heavy (non-hydrogen) atoms. The van der Waals surface area contributed by atoms with Gasteiger partial charge in [0, 0.05) is 19.2 Å². The zero-order valence-corrected chi connectivity index (χ0v) is 7.87. The lowest BCUT2D eigenvalue weighted by molar-refractivity contribution is 0.194. The molecule has 0 radical (unpaired) electrons. The zero-order chi connectivity index (χ0) is 8.55.